The van der Waals surface area contributed by atoms with Crippen LogP contribution in [0.4, 0.5) is 0 Å². The molecule has 0 bridgehead atoms. The van der Waals surface area contributed by atoms with Crippen molar-refractivity contribution in [3.8, 4) is 6.07 Å². The molecule has 132 valence electrons. The molecule has 0 amide bonds. The number of ether oxygens (including phenoxy) is 1. The fourth-order valence-electron chi connectivity index (χ4n) is 2.79. The standard InChI is InChI=1S/C14H13N3OS.C4H9NO/c1-8-12(9(2)18)13(10-4-3-5-16-7-10)11(6-15)14(19)17-8;1-3-6-4-2-5-1/h3-5,7,13,17,19H,1-2H3;5H,1-4H2. The summed E-state index contributed by atoms with van der Waals surface area (Å²) >= 11 is 4.29. The lowest BCUT2D eigenvalue weighted by molar-refractivity contribution is -0.113. The van der Waals surface area contributed by atoms with Gasteiger partial charge in [-0.3, -0.25) is 9.78 Å². The molecule has 2 N–H and O–H groups in total. The van der Waals surface area contributed by atoms with Gasteiger partial charge in [0.1, 0.15) is 0 Å². The Balaban J connectivity index is 0.000000316. The Morgan fingerprint density at radius 3 is 2.60 bits per heavy atom. The fraction of sp³-hybridized carbons (Fsp3) is 0.389. The fourth-order valence-corrected chi connectivity index (χ4v) is 3.14. The number of hydrogen-bond donors (Lipinski definition) is 3. The summed E-state index contributed by atoms with van der Waals surface area (Å²) in [6.45, 7) is 7.15. The number of carbonyl (C=O) groups is 1. The van der Waals surface area contributed by atoms with Crippen LogP contribution in [0.5, 0.6) is 0 Å². The molecule has 0 saturated carbocycles. The van der Waals surface area contributed by atoms with E-state index in [-0.39, 0.29) is 5.78 Å². The van der Waals surface area contributed by atoms with E-state index in [0.717, 1.165) is 37.6 Å². The maximum absolute atomic E-state index is 11.9. The van der Waals surface area contributed by atoms with Gasteiger partial charge in [-0.15, -0.1) is 12.6 Å². The van der Waals surface area contributed by atoms with E-state index < -0.39 is 5.92 Å². The first kappa shape index (κ1) is 19.2. The predicted molar refractivity (Wildman–Crippen MR) is 98.8 cm³/mol. The quantitative estimate of drug-likeness (QED) is 0.700. The van der Waals surface area contributed by atoms with Crippen LogP contribution in [0.2, 0.25) is 0 Å². The first-order valence-corrected chi connectivity index (χ1v) is 8.51. The molecule has 1 aromatic heterocycles. The number of pyridine rings is 1. The molecule has 1 atom stereocenters. The summed E-state index contributed by atoms with van der Waals surface area (Å²) in [5, 5.41) is 15.9. The highest BCUT2D eigenvalue weighted by molar-refractivity contribution is 7.84. The number of dihydropyridines is 1. The molecule has 1 unspecified atom stereocenters. The number of morpholine rings is 1. The second-order valence-electron chi connectivity index (χ2n) is 5.68. The molecule has 0 aliphatic carbocycles. The third-order valence-corrected chi connectivity index (χ3v) is 4.26. The van der Waals surface area contributed by atoms with E-state index in [4.69, 9.17) is 4.74 Å². The van der Waals surface area contributed by atoms with Crippen LogP contribution in [0, 0.1) is 11.3 Å². The zero-order valence-corrected chi connectivity index (χ0v) is 15.3. The van der Waals surface area contributed by atoms with Crippen molar-refractivity contribution in [2.75, 3.05) is 26.3 Å². The van der Waals surface area contributed by atoms with Crippen LogP contribution in [0.1, 0.15) is 25.3 Å². The normalized spacial score (nSPS) is 20.2. The maximum Gasteiger partial charge on any atom is 0.158 e. The zero-order chi connectivity index (χ0) is 18.2. The Hall–Kier alpha value is -2.14. The number of nitrogens with one attached hydrogen (secondary N) is 2. The number of allylic oxidation sites excluding steroid dienone is 3. The highest BCUT2D eigenvalue weighted by Gasteiger charge is 2.31. The number of Topliss-reactive ketones (excluding diaryl/α,β-unsaturated/α-hetero) is 1. The van der Waals surface area contributed by atoms with E-state index >= 15 is 0 Å². The Morgan fingerprint density at radius 2 is 2.16 bits per heavy atom. The van der Waals surface area contributed by atoms with Gasteiger partial charge in [0.2, 0.25) is 0 Å². The summed E-state index contributed by atoms with van der Waals surface area (Å²) < 4.78 is 5.01. The van der Waals surface area contributed by atoms with Gasteiger partial charge in [0.25, 0.3) is 0 Å². The number of nitrogens with zero attached hydrogens (tertiary/aromatic N) is 2. The summed E-state index contributed by atoms with van der Waals surface area (Å²) in [5.41, 5.74) is 2.57. The molecular weight excluding hydrogens is 336 g/mol. The maximum atomic E-state index is 11.9. The molecule has 0 spiro atoms. The smallest absolute Gasteiger partial charge is 0.158 e. The number of hydrogen-bond acceptors (Lipinski definition) is 7. The van der Waals surface area contributed by atoms with E-state index in [0.29, 0.717) is 16.2 Å². The number of carbonyl (C=O) groups excluding carboxylic acids is 1. The van der Waals surface area contributed by atoms with Crippen molar-refractivity contribution in [3.63, 3.8) is 0 Å². The van der Waals surface area contributed by atoms with Crippen molar-refractivity contribution in [2.24, 2.45) is 0 Å². The Kier molecular flexibility index (Phi) is 7.19. The third-order valence-electron chi connectivity index (χ3n) is 3.91. The largest absolute Gasteiger partial charge is 0.379 e. The first-order chi connectivity index (χ1) is 12.1. The summed E-state index contributed by atoms with van der Waals surface area (Å²) in [6.07, 6.45) is 3.33. The van der Waals surface area contributed by atoms with Crippen LogP contribution in [0.15, 0.2) is 46.4 Å². The Morgan fingerprint density at radius 1 is 1.44 bits per heavy atom. The number of thiol groups is 1. The molecule has 3 heterocycles. The van der Waals surface area contributed by atoms with Gasteiger partial charge in [-0.1, -0.05) is 6.07 Å². The minimum absolute atomic E-state index is 0.0626. The Bertz CT molecular complexity index is 707. The van der Waals surface area contributed by atoms with Crippen molar-refractivity contribution in [2.45, 2.75) is 19.8 Å². The van der Waals surface area contributed by atoms with Crippen LogP contribution in [0.25, 0.3) is 0 Å². The van der Waals surface area contributed by atoms with Gasteiger partial charge >= 0.3 is 0 Å². The molecule has 1 saturated heterocycles. The van der Waals surface area contributed by atoms with Gasteiger partial charge in [0, 0.05) is 36.8 Å². The van der Waals surface area contributed by atoms with E-state index in [2.05, 4.69) is 34.3 Å². The van der Waals surface area contributed by atoms with Crippen molar-refractivity contribution in [1.29, 1.82) is 5.26 Å². The molecular formula is C18H22N4O2S. The van der Waals surface area contributed by atoms with E-state index in [1.54, 1.807) is 18.5 Å². The van der Waals surface area contributed by atoms with Crippen LogP contribution in [-0.2, 0) is 9.53 Å². The van der Waals surface area contributed by atoms with Crippen LogP contribution >= 0.6 is 12.6 Å². The molecule has 1 aromatic rings. The average molecular weight is 358 g/mol. The van der Waals surface area contributed by atoms with Crippen LogP contribution in [-0.4, -0.2) is 37.1 Å². The van der Waals surface area contributed by atoms with Gasteiger partial charge in [-0.25, -0.2) is 0 Å². The highest BCUT2D eigenvalue weighted by Crippen LogP contribution is 2.38. The minimum Gasteiger partial charge on any atom is -0.379 e. The second kappa shape index (κ2) is 9.37. The van der Waals surface area contributed by atoms with Gasteiger partial charge < -0.3 is 15.4 Å². The molecule has 2 aliphatic rings. The molecule has 25 heavy (non-hydrogen) atoms. The van der Waals surface area contributed by atoms with Crippen molar-refractivity contribution in [3.05, 3.63) is 52.0 Å². The monoisotopic (exact) mass is 358 g/mol. The number of nitriles is 1. The van der Waals surface area contributed by atoms with Gasteiger partial charge in [-0.2, -0.15) is 5.26 Å². The number of ketones is 1. The van der Waals surface area contributed by atoms with Gasteiger partial charge in [0.15, 0.2) is 5.78 Å². The molecule has 0 aromatic carbocycles. The van der Waals surface area contributed by atoms with Gasteiger partial charge in [-0.05, 0) is 25.5 Å². The van der Waals surface area contributed by atoms with E-state index in [1.807, 2.05) is 13.0 Å². The molecule has 0 radical (unpaired) electrons. The van der Waals surface area contributed by atoms with Crippen molar-refractivity contribution < 1.29 is 9.53 Å². The molecule has 3 rings (SSSR count). The van der Waals surface area contributed by atoms with E-state index in [9.17, 15) is 10.1 Å². The zero-order valence-electron chi connectivity index (χ0n) is 14.4. The molecule has 6 nitrogen and oxygen atoms in total. The summed E-state index contributed by atoms with van der Waals surface area (Å²) in [4.78, 5) is 15.9. The molecule has 1 fully saturated rings. The number of rotatable bonds is 2. The second-order valence-corrected chi connectivity index (χ2v) is 6.12. The lowest BCUT2D eigenvalue weighted by atomic mass is 9.81. The molecule has 2 aliphatic heterocycles. The molecule has 7 heteroatoms. The van der Waals surface area contributed by atoms with Crippen LogP contribution < -0.4 is 10.6 Å². The predicted octanol–water partition coefficient (Wildman–Crippen LogP) is 1.90. The van der Waals surface area contributed by atoms with Crippen molar-refractivity contribution >= 4 is 18.4 Å². The van der Waals surface area contributed by atoms with Crippen LogP contribution in [0.3, 0.4) is 0 Å². The van der Waals surface area contributed by atoms with Crippen molar-refractivity contribution in [1.82, 2.24) is 15.6 Å². The third kappa shape index (κ3) is 4.92. The first-order valence-electron chi connectivity index (χ1n) is 8.06. The summed E-state index contributed by atoms with van der Waals surface area (Å²) in [7, 11) is 0. The summed E-state index contributed by atoms with van der Waals surface area (Å²) in [6, 6.07) is 5.78. The van der Waals surface area contributed by atoms with Gasteiger partial charge in [0.05, 0.1) is 35.8 Å². The summed E-state index contributed by atoms with van der Waals surface area (Å²) in [5.74, 6) is -0.461. The topological polar surface area (TPSA) is 87.0 Å². The average Bonchev–Trinajstić information content (AvgIpc) is 2.63. The highest BCUT2D eigenvalue weighted by atomic mass is 32.1. The Labute approximate surface area is 153 Å². The lowest BCUT2D eigenvalue weighted by Gasteiger charge is -2.27. The van der Waals surface area contributed by atoms with E-state index in [1.165, 1.54) is 6.92 Å². The number of aromatic nitrogens is 1. The SMILES string of the molecule is C1COCCN1.CC(=O)C1=C(C)NC(S)=C(C#N)C1c1cccnc1. The lowest BCUT2D eigenvalue weighted by Crippen LogP contribution is -2.30. The minimum atomic E-state index is -0.398.